The van der Waals surface area contributed by atoms with E-state index in [4.69, 9.17) is 0 Å². The summed E-state index contributed by atoms with van der Waals surface area (Å²) in [7, 11) is 0. The largest absolute Gasteiger partial charge is 0.359 e. The van der Waals surface area contributed by atoms with Crippen molar-refractivity contribution in [2.45, 2.75) is 33.6 Å². The molecule has 0 aromatic heterocycles. The highest BCUT2D eigenvalue weighted by Gasteiger charge is 1.99. The molecule has 0 atom stereocenters. The minimum Gasteiger partial charge on any atom is -0.359 e. The van der Waals surface area contributed by atoms with Crippen LogP contribution in [-0.4, -0.2) is 5.78 Å². The van der Waals surface area contributed by atoms with Crippen molar-refractivity contribution in [3.63, 3.8) is 0 Å². The van der Waals surface area contributed by atoms with E-state index in [9.17, 15) is 4.79 Å². The van der Waals surface area contributed by atoms with Crippen LogP contribution < -0.4 is 5.32 Å². The number of ketones is 1. The maximum atomic E-state index is 10.9. The Labute approximate surface area is 97.4 Å². The van der Waals surface area contributed by atoms with E-state index >= 15 is 0 Å². The Morgan fingerprint density at radius 1 is 1.19 bits per heavy atom. The van der Waals surface area contributed by atoms with Crippen LogP contribution >= 0.6 is 0 Å². The summed E-state index contributed by atoms with van der Waals surface area (Å²) in [6, 6.07) is 8.28. The molecule has 1 aromatic rings. The van der Waals surface area contributed by atoms with E-state index in [0.717, 1.165) is 11.4 Å². The fraction of sp³-hybridized carbons (Fsp3) is 0.357. The lowest BCUT2D eigenvalue weighted by molar-refractivity contribution is -0.112. The minimum atomic E-state index is 0.0591. The van der Waals surface area contributed by atoms with Gasteiger partial charge in [-0.2, -0.15) is 0 Å². The minimum absolute atomic E-state index is 0.0591. The molecule has 0 radical (unpaired) electrons. The van der Waals surface area contributed by atoms with Gasteiger partial charge in [0.2, 0.25) is 0 Å². The summed E-state index contributed by atoms with van der Waals surface area (Å²) in [6.45, 7) is 7.78. The Morgan fingerprint density at radius 3 is 2.19 bits per heavy atom. The zero-order valence-electron chi connectivity index (χ0n) is 10.4. The first-order valence-electron chi connectivity index (χ1n) is 5.55. The maximum Gasteiger partial charge on any atom is 0.154 e. The van der Waals surface area contributed by atoms with E-state index in [0.29, 0.717) is 5.92 Å². The number of carbonyl (C=O) groups is 1. The third-order valence-corrected chi connectivity index (χ3v) is 2.34. The van der Waals surface area contributed by atoms with E-state index in [1.165, 1.54) is 5.56 Å². The predicted octanol–water partition coefficient (Wildman–Crippen LogP) is 3.71. The summed E-state index contributed by atoms with van der Waals surface area (Å²) >= 11 is 0. The van der Waals surface area contributed by atoms with E-state index in [-0.39, 0.29) is 5.78 Å². The van der Waals surface area contributed by atoms with Crippen molar-refractivity contribution in [1.29, 1.82) is 0 Å². The molecule has 0 fully saturated rings. The van der Waals surface area contributed by atoms with Crippen LogP contribution in [0.2, 0.25) is 0 Å². The molecule has 1 aromatic carbocycles. The first-order valence-corrected chi connectivity index (χ1v) is 5.55. The SMILES string of the molecule is CC(=O)/C=C(/C)Nc1ccc(C(C)C)cc1. The van der Waals surface area contributed by atoms with Crippen molar-refractivity contribution in [2.75, 3.05) is 5.32 Å². The predicted molar refractivity (Wildman–Crippen MR) is 68.6 cm³/mol. The van der Waals surface area contributed by atoms with Gasteiger partial charge in [-0.1, -0.05) is 26.0 Å². The molecule has 86 valence electrons. The van der Waals surface area contributed by atoms with Crippen LogP contribution in [0.25, 0.3) is 0 Å². The second-order valence-electron chi connectivity index (χ2n) is 4.34. The first kappa shape index (κ1) is 12.5. The number of hydrogen-bond acceptors (Lipinski definition) is 2. The van der Waals surface area contributed by atoms with E-state index in [1.807, 2.05) is 19.1 Å². The van der Waals surface area contributed by atoms with Crippen molar-refractivity contribution in [3.8, 4) is 0 Å². The average molecular weight is 217 g/mol. The molecule has 0 amide bonds. The third-order valence-electron chi connectivity index (χ3n) is 2.34. The Kier molecular flexibility index (Phi) is 4.29. The van der Waals surface area contributed by atoms with Crippen molar-refractivity contribution in [1.82, 2.24) is 0 Å². The highest BCUT2D eigenvalue weighted by molar-refractivity contribution is 5.88. The van der Waals surface area contributed by atoms with Crippen LogP contribution in [0, 0.1) is 0 Å². The normalized spacial score (nSPS) is 11.7. The molecule has 0 saturated heterocycles. The molecule has 0 unspecified atom stereocenters. The van der Waals surface area contributed by atoms with Gasteiger partial charge in [-0.05, 0) is 43.5 Å². The van der Waals surface area contributed by atoms with Crippen LogP contribution in [0.4, 0.5) is 5.69 Å². The number of carbonyl (C=O) groups excluding carboxylic acids is 1. The van der Waals surface area contributed by atoms with Gasteiger partial charge in [0.15, 0.2) is 5.78 Å². The fourth-order valence-electron chi connectivity index (χ4n) is 1.52. The topological polar surface area (TPSA) is 29.1 Å². The van der Waals surface area contributed by atoms with Crippen molar-refractivity contribution in [3.05, 3.63) is 41.6 Å². The van der Waals surface area contributed by atoms with Crippen LogP contribution in [0.1, 0.15) is 39.2 Å². The molecular weight excluding hydrogens is 198 g/mol. The van der Waals surface area contributed by atoms with Crippen LogP contribution in [-0.2, 0) is 4.79 Å². The molecule has 2 heteroatoms. The number of benzene rings is 1. The molecule has 16 heavy (non-hydrogen) atoms. The molecule has 0 heterocycles. The lowest BCUT2D eigenvalue weighted by Crippen LogP contribution is -1.98. The number of allylic oxidation sites excluding steroid dienone is 2. The molecule has 0 bridgehead atoms. The number of nitrogens with one attached hydrogen (secondary N) is 1. The zero-order chi connectivity index (χ0) is 12.1. The molecule has 0 aliphatic carbocycles. The Morgan fingerprint density at radius 2 is 1.75 bits per heavy atom. The summed E-state index contributed by atoms with van der Waals surface area (Å²) in [6.07, 6.45) is 1.59. The maximum absolute atomic E-state index is 10.9. The average Bonchev–Trinajstić information content (AvgIpc) is 2.16. The van der Waals surface area contributed by atoms with Crippen LogP contribution in [0.5, 0.6) is 0 Å². The number of anilines is 1. The van der Waals surface area contributed by atoms with Gasteiger partial charge < -0.3 is 5.32 Å². The monoisotopic (exact) mass is 217 g/mol. The van der Waals surface area contributed by atoms with Crippen molar-refractivity contribution < 1.29 is 4.79 Å². The molecule has 0 saturated carbocycles. The smallest absolute Gasteiger partial charge is 0.154 e. The summed E-state index contributed by atoms with van der Waals surface area (Å²) in [5, 5.41) is 3.18. The Balaban J connectivity index is 2.72. The molecule has 1 N–H and O–H groups in total. The van der Waals surface area contributed by atoms with E-state index < -0.39 is 0 Å². The van der Waals surface area contributed by atoms with Crippen molar-refractivity contribution >= 4 is 11.5 Å². The molecular formula is C14H19NO. The molecule has 0 spiro atoms. The lowest BCUT2D eigenvalue weighted by Gasteiger charge is -2.09. The summed E-state index contributed by atoms with van der Waals surface area (Å²) in [4.78, 5) is 10.9. The number of rotatable bonds is 4. The summed E-state index contributed by atoms with van der Waals surface area (Å²) in [5.41, 5.74) is 3.20. The summed E-state index contributed by atoms with van der Waals surface area (Å²) < 4.78 is 0. The molecule has 0 aliphatic heterocycles. The standard InChI is InChI=1S/C14H19NO/c1-10(2)13-5-7-14(8-6-13)15-11(3)9-12(4)16/h5-10,15H,1-4H3/b11-9-. The first-order chi connectivity index (χ1) is 7.49. The molecule has 2 nitrogen and oxygen atoms in total. The Hall–Kier alpha value is -1.57. The van der Waals surface area contributed by atoms with E-state index in [2.05, 4.69) is 31.3 Å². The lowest BCUT2D eigenvalue weighted by atomic mass is 10.0. The quantitative estimate of drug-likeness (QED) is 0.779. The zero-order valence-corrected chi connectivity index (χ0v) is 10.4. The van der Waals surface area contributed by atoms with Gasteiger partial charge in [0.25, 0.3) is 0 Å². The van der Waals surface area contributed by atoms with Gasteiger partial charge in [-0.3, -0.25) is 4.79 Å². The van der Waals surface area contributed by atoms with Gasteiger partial charge >= 0.3 is 0 Å². The van der Waals surface area contributed by atoms with Gasteiger partial charge in [0.1, 0.15) is 0 Å². The number of hydrogen-bond donors (Lipinski definition) is 1. The van der Waals surface area contributed by atoms with Crippen LogP contribution in [0.3, 0.4) is 0 Å². The summed E-state index contributed by atoms with van der Waals surface area (Å²) in [5.74, 6) is 0.603. The molecule has 0 aliphatic rings. The Bertz CT molecular complexity index is 388. The molecule has 1 rings (SSSR count). The van der Waals surface area contributed by atoms with Gasteiger partial charge in [0, 0.05) is 11.4 Å². The highest BCUT2D eigenvalue weighted by Crippen LogP contribution is 2.17. The van der Waals surface area contributed by atoms with Gasteiger partial charge in [0.05, 0.1) is 0 Å². The second-order valence-corrected chi connectivity index (χ2v) is 4.34. The fourth-order valence-corrected chi connectivity index (χ4v) is 1.52. The highest BCUT2D eigenvalue weighted by atomic mass is 16.1. The van der Waals surface area contributed by atoms with Crippen LogP contribution in [0.15, 0.2) is 36.0 Å². The third kappa shape index (κ3) is 3.89. The second kappa shape index (κ2) is 5.50. The van der Waals surface area contributed by atoms with Gasteiger partial charge in [-0.15, -0.1) is 0 Å². The van der Waals surface area contributed by atoms with Crippen molar-refractivity contribution in [2.24, 2.45) is 0 Å². The van der Waals surface area contributed by atoms with Gasteiger partial charge in [-0.25, -0.2) is 0 Å². The van der Waals surface area contributed by atoms with E-state index in [1.54, 1.807) is 13.0 Å².